The minimum Gasteiger partial charge on any atom is -0.486 e. The molecule has 16 heavy (non-hydrogen) atoms. The van der Waals surface area contributed by atoms with E-state index in [2.05, 4.69) is 17.4 Å². The van der Waals surface area contributed by atoms with Gasteiger partial charge in [-0.15, -0.1) is 0 Å². The Labute approximate surface area is 95.8 Å². The van der Waals surface area contributed by atoms with Crippen molar-refractivity contribution in [2.24, 2.45) is 5.92 Å². The van der Waals surface area contributed by atoms with Crippen LogP contribution >= 0.6 is 0 Å². The van der Waals surface area contributed by atoms with Gasteiger partial charge in [0.05, 0.1) is 0 Å². The Bertz CT molecular complexity index is 392. The molecule has 2 atom stereocenters. The molecule has 1 aromatic rings. The van der Waals surface area contributed by atoms with Crippen molar-refractivity contribution in [2.45, 2.75) is 12.3 Å². The highest BCUT2D eigenvalue weighted by Gasteiger charge is 2.37. The molecule has 0 spiro atoms. The average molecular weight is 219 g/mol. The predicted molar refractivity (Wildman–Crippen MR) is 62.2 cm³/mol. The van der Waals surface area contributed by atoms with Crippen LogP contribution in [0.15, 0.2) is 18.2 Å². The maximum atomic E-state index is 5.60. The molecule has 86 valence electrons. The summed E-state index contributed by atoms with van der Waals surface area (Å²) < 4.78 is 11.1. The summed E-state index contributed by atoms with van der Waals surface area (Å²) in [4.78, 5) is 0. The van der Waals surface area contributed by atoms with Crippen LogP contribution < -0.4 is 14.8 Å². The van der Waals surface area contributed by atoms with Crippen LogP contribution in [-0.4, -0.2) is 26.8 Å². The van der Waals surface area contributed by atoms with E-state index in [-0.39, 0.29) is 0 Å². The van der Waals surface area contributed by atoms with Gasteiger partial charge in [0.15, 0.2) is 11.5 Å². The zero-order chi connectivity index (χ0) is 11.0. The smallest absolute Gasteiger partial charge is 0.161 e. The molecule has 1 fully saturated rings. The molecule has 2 unspecified atom stereocenters. The zero-order valence-corrected chi connectivity index (χ0v) is 9.53. The maximum Gasteiger partial charge on any atom is 0.161 e. The molecule has 0 aromatic heterocycles. The molecule has 1 aliphatic carbocycles. The fraction of sp³-hybridized carbons (Fsp3) is 0.538. The van der Waals surface area contributed by atoms with Gasteiger partial charge in [0, 0.05) is 0 Å². The van der Waals surface area contributed by atoms with Gasteiger partial charge in [0.2, 0.25) is 0 Å². The first-order valence-corrected chi connectivity index (χ1v) is 5.92. The fourth-order valence-corrected chi connectivity index (χ4v) is 2.43. The van der Waals surface area contributed by atoms with Gasteiger partial charge < -0.3 is 14.8 Å². The second kappa shape index (κ2) is 3.98. The van der Waals surface area contributed by atoms with Crippen molar-refractivity contribution >= 4 is 0 Å². The van der Waals surface area contributed by atoms with Crippen LogP contribution in [0.25, 0.3) is 0 Å². The number of fused-ring (bicyclic) bond motifs is 1. The van der Waals surface area contributed by atoms with Crippen molar-refractivity contribution in [1.29, 1.82) is 0 Å². The molecule has 0 radical (unpaired) electrons. The van der Waals surface area contributed by atoms with Crippen molar-refractivity contribution in [1.82, 2.24) is 5.32 Å². The fourth-order valence-electron chi connectivity index (χ4n) is 2.43. The van der Waals surface area contributed by atoms with Gasteiger partial charge in [-0.25, -0.2) is 0 Å². The number of benzene rings is 1. The van der Waals surface area contributed by atoms with Gasteiger partial charge in [-0.3, -0.25) is 0 Å². The SMILES string of the molecule is CNCC1CC1c1ccc2c(c1)OCCO2. The Balaban J connectivity index is 1.77. The number of hydrogen-bond acceptors (Lipinski definition) is 3. The van der Waals surface area contributed by atoms with Gasteiger partial charge in [0.1, 0.15) is 13.2 Å². The van der Waals surface area contributed by atoms with E-state index in [1.165, 1.54) is 12.0 Å². The molecule has 0 bridgehead atoms. The molecular formula is C13H17NO2. The number of hydrogen-bond donors (Lipinski definition) is 1. The van der Waals surface area contributed by atoms with Gasteiger partial charge >= 0.3 is 0 Å². The standard InChI is InChI=1S/C13H17NO2/c1-14-8-10-6-11(10)9-2-3-12-13(7-9)16-5-4-15-12/h2-3,7,10-11,14H,4-6,8H2,1H3. The first-order valence-electron chi connectivity index (χ1n) is 5.92. The first-order chi connectivity index (χ1) is 7.88. The predicted octanol–water partition coefficient (Wildman–Crippen LogP) is 1.78. The molecule has 1 saturated carbocycles. The molecular weight excluding hydrogens is 202 g/mol. The van der Waals surface area contributed by atoms with E-state index in [4.69, 9.17) is 9.47 Å². The van der Waals surface area contributed by atoms with Crippen LogP contribution in [-0.2, 0) is 0 Å². The monoisotopic (exact) mass is 219 g/mol. The van der Waals surface area contributed by atoms with Crippen molar-refractivity contribution in [3.8, 4) is 11.5 Å². The molecule has 1 heterocycles. The summed E-state index contributed by atoms with van der Waals surface area (Å²) >= 11 is 0. The summed E-state index contributed by atoms with van der Waals surface area (Å²) in [5.74, 6) is 3.32. The summed E-state index contributed by atoms with van der Waals surface area (Å²) in [7, 11) is 2.01. The van der Waals surface area contributed by atoms with Crippen LogP contribution in [0.5, 0.6) is 11.5 Å². The number of rotatable bonds is 3. The van der Waals surface area contributed by atoms with Gasteiger partial charge in [0.25, 0.3) is 0 Å². The van der Waals surface area contributed by atoms with Crippen molar-refractivity contribution in [3.05, 3.63) is 23.8 Å². The second-order valence-corrected chi connectivity index (χ2v) is 4.56. The van der Waals surface area contributed by atoms with Gasteiger partial charge in [-0.05, 0) is 49.5 Å². The Hall–Kier alpha value is -1.22. The Morgan fingerprint density at radius 1 is 1.25 bits per heavy atom. The third-order valence-corrected chi connectivity index (χ3v) is 3.38. The topological polar surface area (TPSA) is 30.5 Å². The summed E-state index contributed by atoms with van der Waals surface area (Å²) in [6.45, 7) is 2.44. The lowest BCUT2D eigenvalue weighted by Crippen LogP contribution is -2.15. The van der Waals surface area contributed by atoms with Crippen LogP contribution in [0, 0.1) is 5.92 Å². The average Bonchev–Trinajstić information content (AvgIpc) is 3.08. The minimum absolute atomic E-state index is 0.665. The zero-order valence-electron chi connectivity index (χ0n) is 9.53. The van der Waals surface area contributed by atoms with Crippen molar-refractivity contribution in [2.75, 3.05) is 26.8 Å². The lowest BCUT2D eigenvalue weighted by Gasteiger charge is -2.18. The lowest BCUT2D eigenvalue weighted by molar-refractivity contribution is 0.171. The van der Waals surface area contributed by atoms with E-state index in [1.54, 1.807) is 0 Å². The summed E-state index contributed by atoms with van der Waals surface area (Å²) in [5, 5.41) is 3.24. The highest BCUT2D eigenvalue weighted by molar-refractivity contribution is 5.46. The Morgan fingerprint density at radius 2 is 2.06 bits per heavy atom. The van der Waals surface area contributed by atoms with E-state index in [0.717, 1.165) is 24.0 Å². The largest absolute Gasteiger partial charge is 0.486 e. The van der Waals surface area contributed by atoms with Crippen molar-refractivity contribution < 1.29 is 9.47 Å². The normalized spacial score (nSPS) is 26.6. The molecule has 1 N–H and O–H groups in total. The molecule has 0 saturated heterocycles. The maximum absolute atomic E-state index is 5.60. The van der Waals surface area contributed by atoms with Crippen LogP contribution in [0.4, 0.5) is 0 Å². The van der Waals surface area contributed by atoms with Gasteiger partial charge in [-0.2, -0.15) is 0 Å². The van der Waals surface area contributed by atoms with E-state index in [1.807, 2.05) is 13.1 Å². The Morgan fingerprint density at radius 3 is 2.88 bits per heavy atom. The highest BCUT2D eigenvalue weighted by Crippen LogP contribution is 2.48. The molecule has 3 nitrogen and oxygen atoms in total. The molecule has 1 aliphatic heterocycles. The molecule has 1 aromatic carbocycles. The third-order valence-electron chi connectivity index (χ3n) is 3.38. The van der Waals surface area contributed by atoms with E-state index in [0.29, 0.717) is 19.1 Å². The molecule has 2 aliphatic rings. The summed E-state index contributed by atoms with van der Waals surface area (Å²) in [6, 6.07) is 6.36. The molecule has 0 amide bonds. The number of nitrogens with one attached hydrogen (secondary N) is 1. The van der Waals surface area contributed by atoms with Crippen molar-refractivity contribution in [3.63, 3.8) is 0 Å². The third kappa shape index (κ3) is 1.76. The minimum atomic E-state index is 0.665. The summed E-state index contributed by atoms with van der Waals surface area (Å²) in [6.07, 6.45) is 1.29. The summed E-state index contributed by atoms with van der Waals surface area (Å²) in [5.41, 5.74) is 1.39. The highest BCUT2D eigenvalue weighted by atomic mass is 16.6. The second-order valence-electron chi connectivity index (χ2n) is 4.56. The molecule has 3 heteroatoms. The Kier molecular flexibility index (Phi) is 2.48. The molecule has 3 rings (SSSR count). The first kappa shape index (κ1) is 9.97. The number of ether oxygens (including phenoxy) is 2. The van der Waals surface area contributed by atoms with Gasteiger partial charge in [-0.1, -0.05) is 6.07 Å². The van der Waals surface area contributed by atoms with E-state index >= 15 is 0 Å². The van der Waals surface area contributed by atoms with E-state index in [9.17, 15) is 0 Å². The quantitative estimate of drug-likeness (QED) is 0.840. The van der Waals surface area contributed by atoms with Crippen LogP contribution in [0.3, 0.4) is 0 Å². The van der Waals surface area contributed by atoms with E-state index < -0.39 is 0 Å². The van der Waals surface area contributed by atoms with Crippen LogP contribution in [0.1, 0.15) is 17.9 Å². The van der Waals surface area contributed by atoms with Crippen LogP contribution in [0.2, 0.25) is 0 Å². The lowest BCUT2D eigenvalue weighted by atomic mass is 10.1.